The first kappa shape index (κ1) is 17.5. The second kappa shape index (κ2) is 7.28. The molecule has 0 radical (unpaired) electrons. The van der Waals surface area contributed by atoms with Crippen molar-refractivity contribution < 1.29 is 13.9 Å². The molecule has 0 fully saturated rings. The summed E-state index contributed by atoms with van der Waals surface area (Å²) in [6.07, 6.45) is 1.03. The summed E-state index contributed by atoms with van der Waals surface area (Å²) in [5.74, 6) is -1.22. The van der Waals surface area contributed by atoms with E-state index in [1.54, 1.807) is 24.3 Å². The zero-order valence-corrected chi connectivity index (χ0v) is 14.5. The molecule has 26 heavy (non-hydrogen) atoms. The van der Waals surface area contributed by atoms with Crippen molar-refractivity contribution in [2.75, 3.05) is 12.4 Å². The largest absolute Gasteiger partial charge is 0.479 e. The highest BCUT2D eigenvalue weighted by molar-refractivity contribution is 7.23. The molecule has 0 unspecified atom stereocenters. The summed E-state index contributed by atoms with van der Waals surface area (Å²) >= 11 is 1.10. The number of anilines is 1. The highest BCUT2D eigenvalue weighted by atomic mass is 32.1. The van der Waals surface area contributed by atoms with E-state index in [0.29, 0.717) is 15.8 Å². The molecular formula is C17H14FN5O2S. The molecule has 7 nitrogen and oxygen atoms in total. The van der Waals surface area contributed by atoms with Gasteiger partial charge in [0.15, 0.2) is 5.13 Å². The van der Waals surface area contributed by atoms with Crippen molar-refractivity contribution in [2.45, 2.75) is 0 Å². The number of nitrogens with zero attached hydrogens (tertiary/aromatic N) is 3. The lowest BCUT2D eigenvalue weighted by Gasteiger charge is -2.06. The third kappa shape index (κ3) is 3.11. The molecule has 2 heterocycles. The average molecular weight is 371 g/mol. The van der Waals surface area contributed by atoms with E-state index in [1.165, 1.54) is 7.11 Å². The Morgan fingerprint density at radius 2 is 2.12 bits per heavy atom. The van der Waals surface area contributed by atoms with Gasteiger partial charge in [-0.2, -0.15) is 9.37 Å². The monoisotopic (exact) mass is 371 g/mol. The number of benzene rings is 1. The Hall–Kier alpha value is -3.33. The van der Waals surface area contributed by atoms with Crippen LogP contribution in [0.15, 0.2) is 47.2 Å². The smallest absolute Gasteiger partial charge is 0.277 e. The third-order valence-electron chi connectivity index (χ3n) is 3.50. The third-order valence-corrected chi connectivity index (χ3v) is 4.49. The average Bonchev–Trinajstić information content (AvgIpc) is 3.05. The summed E-state index contributed by atoms with van der Waals surface area (Å²) in [5, 5.41) is 2.80. The summed E-state index contributed by atoms with van der Waals surface area (Å²) in [5.41, 5.74) is 6.55. The Balaban J connectivity index is 2.15. The Morgan fingerprint density at radius 3 is 2.73 bits per heavy atom. The van der Waals surface area contributed by atoms with E-state index in [2.05, 4.69) is 27.0 Å². The normalized spacial score (nSPS) is 11.4. The van der Waals surface area contributed by atoms with Crippen LogP contribution >= 0.6 is 11.3 Å². The minimum Gasteiger partial charge on any atom is -0.479 e. The summed E-state index contributed by atoms with van der Waals surface area (Å²) in [6, 6.07) is 8.95. The lowest BCUT2D eigenvalue weighted by atomic mass is 10.1. The Kier molecular flexibility index (Phi) is 4.90. The van der Waals surface area contributed by atoms with E-state index in [4.69, 9.17) is 10.5 Å². The molecule has 0 atom stereocenters. The van der Waals surface area contributed by atoms with Crippen molar-refractivity contribution in [3.63, 3.8) is 0 Å². The van der Waals surface area contributed by atoms with Gasteiger partial charge < -0.3 is 10.5 Å². The number of rotatable bonds is 5. The van der Waals surface area contributed by atoms with Crippen molar-refractivity contribution in [3.05, 3.63) is 48.2 Å². The number of methoxy groups -OCH3 is 1. The van der Waals surface area contributed by atoms with Crippen LogP contribution in [0.2, 0.25) is 0 Å². The van der Waals surface area contributed by atoms with E-state index in [1.807, 2.05) is 6.07 Å². The van der Waals surface area contributed by atoms with Crippen molar-refractivity contribution in [3.8, 4) is 17.0 Å². The quantitative estimate of drug-likeness (QED) is 0.408. The molecule has 3 N–H and O–H groups in total. The maximum Gasteiger partial charge on any atom is 0.277 e. The van der Waals surface area contributed by atoms with Crippen LogP contribution in [0.1, 0.15) is 0 Å². The number of pyridine rings is 1. The molecule has 0 saturated heterocycles. The number of ether oxygens (including phenoxy) is 1. The SMILES string of the molecule is C=N/C(=C\N)C(=O)Nc1nc2c(OC)nc(F)c(-c3ccccc3)c2s1. The Morgan fingerprint density at radius 1 is 1.38 bits per heavy atom. The molecule has 1 amide bonds. The van der Waals surface area contributed by atoms with E-state index in [0.717, 1.165) is 17.5 Å². The number of hydrogen-bond donors (Lipinski definition) is 2. The zero-order chi connectivity index (χ0) is 18.7. The van der Waals surface area contributed by atoms with Gasteiger partial charge >= 0.3 is 0 Å². The molecular weight excluding hydrogens is 357 g/mol. The van der Waals surface area contributed by atoms with Gasteiger partial charge in [0.1, 0.15) is 11.2 Å². The van der Waals surface area contributed by atoms with Crippen LogP contribution in [0.5, 0.6) is 5.88 Å². The van der Waals surface area contributed by atoms with Crippen LogP contribution < -0.4 is 15.8 Å². The van der Waals surface area contributed by atoms with Gasteiger partial charge in [-0.15, -0.1) is 0 Å². The molecule has 3 rings (SSSR count). The van der Waals surface area contributed by atoms with E-state index in [-0.39, 0.29) is 22.3 Å². The number of nitrogens with one attached hydrogen (secondary N) is 1. The lowest BCUT2D eigenvalue weighted by molar-refractivity contribution is -0.112. The number of amides is 1. The van der Waals surface area contributed by atoms with Crippen LogP contribution in [-0.4, -0.2) is 29.7 Å². The second-order valence-electron chi connectivity index (χ2n) is 5.01. The first-order valence-electron chi connectivity index (χ1n) is 7.38. The Labute approximate surface area is 152 Å². The topological polar surface area (TPSA) is 102 Å². The van der Waals surface area contributed by atoms with Gasteiger partial charge in [-0.05, 0) is 12.3 Å². The van der Waals surface area contributed by atoms with Gasteiger partial charge in [-0.1, -0.05) is 41.7 Å². The van der Waals surface area contributed by atoms with Crippen molar-refractivity contribution in [1.29, 1.82) is 0 Å². The number of fused-ring (bicyclic) bond motifs is 1. The number of carbonyl (C=O) groups is 1. The van der Waals surface area contributed by atoms with E-state index < -0.39 is 11.9 Å². The summed E-state index contributed by atoms with van der Waals surface area (Å²) in [6.45, 7) is 3.27. The number of hydrogen-bond acceptors (Lipinski definition) is 7. The first-order chi connectivity index (χ1) is 12.6. The van der Waals surface area contributed by atoms with Gasteiger partial charge in [-0.25, -0.2) is 4.98 Å². The summed E-state index contributed by atoms with van der Waals surface area (Å²) in [4.78, 5) is 23.7. The minimum absolute atomic E-state index is 0.0327. The number of halogens is 1. The van der Waals surface area contributed by atoms with Crippen LogP contribution in [0.25, 0.3) is 21.3 Å². The first-order valence-corrected chi connectivity index (χ1v) is 8.20. The molecule has 9 heteroatoms. The number of carbonyl (C=O) groups excluding carboxylic acids is 1. The van der Waals surface area contributed by atoms with Gasteiger partial charge in [0.25, 0.3) is 5.91 Å². The van der Waals surface area contributed by atoms with E-state index in [9.17, 15) is 9.18 Å². The molecule has 0 spiro atoms. The van der Waals surface area contributed by atoms with Gasteiger partial charge in [-0.3, -0.25) is 15.1 Å². The molecule has 0 bridgehead atoms. The molecule has 0 aliphatic heterocycles. The molecule has 132 valence electrons. The molecule has 0 aliphatic carbocycles. The van der Waals surface area contributed by atoms with Gasteiger partial charge in [0.2, 0.25) is 11.8 Å². The fraction of sp³-hybridized carbons (Fsp3) is 0.0588. The summed E-state index contributed by atoms with van der Waals surface area (Å²) in [7, 11) is 1.37. The highest BCUT2D eigenvalue weighted by Crippen LogP contribution is 2.39. The number of aromatic nitrogens is 2. The predicted molar refractivity (Wildman–Crippen MR) is 99.8 cm³/mol. The van der Waals surface area contributed by atoms with Crippen LogP contribution in [0.4, 0.5) is 9.52 Å². The van der Waals surface area contributed by atoms with Crippen LogP contribution in [0.3, 0.4) is 0 Å². The van der Waals surface area contributed by atoms with Gasteiger partial charge in [0, 0.05) is 6.20 Å². The molecule has 0 aliphatic rings. The minimum atomic E-state index is -0.683. The lowest BCUT2D eigenvalue weighted by Crippen LogP contribution is -2.14. The maximum absolute atomic E-state index is 14.6. The highest BCUT2D eigenvalue weighted by Gasteiger charge is 2.21. The van der Waals surface area contributed by atoms with E-state index >= 15 is 0 Å². The maximum atomic E-state index is 14.6. The number of aliphatic imine (C=N–C) groups is 1. The Bertz CT molecular complexity index is 1020. The standard InChI is InChI=1S/C17H14FN5O2S/c1-20-10(8-19)15(24)23-17-21-12-13(26-17)11(9-6-4-3-5-7-9)14(18)22-16(12)25-2/h3-8H,1,19H2,2H3,(H,21,23,24)/b10-8-. The summed E-state index contributed by atoms with van der Waals surface area (Å²) < 4.78 is 20.2. The fourth-order valence-electron chi connectivity index (χ4n) is 2.34. The van der Waals surface area contributed by atoms with Crippen molar-refractivity contribution in [1.82, 2.24) is 9.97 Å². The molecule has 3 aromatic rings. The fourth-order valence-corrected chi connectivity index (χ4v) is 3.35. The molecule has 1 aromatic carbocycles. The van der Waals surface area contributed by atoms with Gasteiger partial charge in [0.05, 0.1) is 17.4 Å². The van der Waals surface area contributed by atoms with Crippen LogP contribution in [0, 0.1) is 5.95 Å². The number of nitrogens with two attached hydrogens (primary N) is 1. The molecule has 0 saturated carbocycles. The van der Waals surface area contributed by atoms with Crippen LogP contribution in [-0.2, 0) is 4.79 Å². The number of thiazole rings is 1. The molecule has 2 aromatic heterocycles. The predicted octanol–water partition coefficient (Wildman–Crippen LogP) is 2.95. The zero-order valence-electron chi connectivity index (χ0n) is 13.7. The second-order valence-corrected chi connectivity index (χ2v) is 6.01. The van der Waals surface area contributed by atoms with Crippen molar-refractivity contribution >= 4 is 39.3 Å². The van der Waals surface area contributed by atoms with Crippen molar-refractivity contribution in [2.24, 2.45) is 10.7 Å².